The van der Waals surface area contributed by atoms with E-state index in [0.717, 1.165) is 0 Å². The summed E-state index contributed by atoms with van der Waals surface area (Å²) in [4.78, 5) is 8.34. The van der Waals surface area contributed by atoms with Crippen molar-refractivity contribution < 1.29 is 4.39 Å². The quantitative estimate of drug-likeness (QED) is 0.891. The number of nitrogens with zero attached hydrogens (tertiary/aromatic N) is 2. The molecular formula is C12H12ClFN4. The SMILES string of the molecule is NCCNc1nccc(-c2ccc(F)cc2Cl)n1. The van der Waals surface area contributed by atoms with E-state index in [2.05, 4.69) is 15.3 Å². The van der Waals surface area contributed by atoms with Crippen molar-refractivity contribution in [2.75, 3.05) is 18.4 Å². The van der Waals surface area contributed by atoms with E-state index in [0.29, 0.717) is 35.3 Å². The molecule has 0 fully saturated rings. The molecule has 0 unspecified atom stereocenters. The zero-order valence-electron chi connectivity index (χ0n) is 9.53. The molecule has 1 heterocycles. The highest BCUT2D eigenvalue weighted by Crippen LogP contribution is 2.27. The third kappa shape index (κ3) is 2.94. The van der Waals surface area contributed by atoms with Crippen LogP contribution in [-0.4, -0.2) is 23.1 Å². The van der Waals surface area contributed by atoms with Crippen LogP contribution < -0.4 is 11.1 Å². The first-order chi connectivity index (χ1) is 8.70. The number of aromatic nitrogens is 2. The Kier molecular flexibility index (Phi) is 4.07. The molecule has 2 aromatic rings. The van der Waals surface area contributed by atoms with Crippen LogP contribution in [0.15, 0.2) is 30.5 Å². The van der Waals surface area contributed by atoms with Gasteiger partial charge in [0.05, 0.1) is 10.7 Å². The molecule has 0 radical (unpaired) electrons. The van der Waals surface area contributed by atoms with Crippen molar-refractivity contribution in [3.05, 3.63) is 41.3 Å². The fourth-order valence-corrected chi connectivity index (χ4v) is 1.74. The first kappa shape index (κ1) is 12.7. The molecule has 1 aromatic carbocycles. The second-order valence-corrected chi connectivity index (χ2v) is 4.01. The lowest BCUT2D eigenvalue weighted by Gasteiger charge is -2.06. The van der Waals surface area contributed by atoms with Crippen LogP contribution >= 0.6 is 11.6 Å². The number of hydrogen-bond donors (Lipinski definition) is 2. The predicted molar refractivity (Wildman–Crippen MR) is 70.0 cm³/mol. The molecule has 0 aliphatic carbocycles. The topological polar surface area (TPSA) is 63.8 Å². The third-order valence-corrected chi connectivity index (χ3v) is 2.60. The van der Waals surface area contributed by atoms with Crippen LogP contribution in [0.4, 0.5) is 10.3 Å². The van der Waals surface area contributed by atoms with Gasteiger partial charge in [0.25, 0.3) is 0 Å². The number of anilines is 1. The van der Waals surface area contributed by atoms with E-state index in [1.807, 2.05) is 0 Å². The van der Waals surface area contributed by atoms with Crippen molar-refractivity contribution in [2.45, 2.75) is 0 Å². The van der Waals surface area contributed by atoms with Gasteiger partial charge >= 0.3 is 0 Å². The fraction of sp³-hybridized carbons (Fsp3) is 0.167. The van der Waals surface area contributed by atoms with Gasteiger partial charge in [0.1, 0.15) is 5.82 Å². The lowest BCUT2D eigenvalue weighted by Crippen LogP contribution is -2.14. The molecular weight excluding hydrogens is 255 g/mol. The van der Waals surface area contributed by atoms with E-state index < -0.39 is 0 Å². The Morgan fingerprint density at radius 1 is 1.33 bits per heavy atom. The van der Waals surface area contributed by atoms with E-state index in [1.54, 1.807) is 18.3 Å². The van der Waals surface area contributed by atoms with Crippen LogP contribution in [0.1, 0.15) is 0 Å². The normalized spacial score (nSPS) is 10.4. The maximum atomic E-state index is 13.0. The minimum atomic E-state index is -0.376. The van der Waals surface area contributed by atoms with Crippen molar-refractivity contribution in [3.63, 3.8) is 0 Å². The number of nitrogens with two attached hydrogens (primary N) is 1. The van der Waals surface area contributed by atoms with Gasteiger partial charge in [-0.1, -0.05) is 11.6 Å². The van der Waals surface area contributed by atoms with E-state index in [9.17, 15) is 4.39 Å². The van der Waals surface area contributed by atoms with Gasteiger partial charge in [-0.15, -0.1) is 0 Å². The molecule has 2 rings (SSSR count). The summed E-state index contributed by atoms with van der Waals surface area (Å²) < 4.78 is 13.0. The second-order valence-electron chi connectivity index (χ2n) is 3.61. The van der Waals surface area contributed by atoms with Crippen LogP contribution in [0, 0.1) is 5.82 Å². The van der Waals surface area contributed by atoms with Crippen molar-refractivity contribution >= 4 is 17.5 Å². The summed E-state index contributed by atoms with van der Waals surface area (Å²) in [5.74, 6) is 0.0950. The van der Waals surface area contributed by atoms with E-state index in [-0.39, 0.29) is 5.82 Å². The molecule has 94 valence electrons. The van der Waals surface area contributed by atoms with Crippen molar-refractivity contribution in [2.24, 2.45) is 5.73 Å². The number of benzene rings is 1. The minimum absolute atomic E-state index is 0.318. The average Bonchev–Trinajstić information content (AvgIpc) is 2.36. The molecule has 1 aromatic heterocycles. The van der Waals surface area contributed by atoms with Gasteiger partial charge in [0.15, 0.2) is 0 Å². The van der Waals surface area contributed by atoms with E-state index in [4.69, 9.17) is 17.3 Å². The Labute approximate surface area is 109 Å². The van der Waals surface area contributed by atoms with Gasteiger partial charge in [-0.3, -0.25) is 0 Å². The molecule has 4 nitrogen and oxygen atoms in total. The largest absolute Gasteiger partial charge is 0.353 e. The molecule has 0 saturated carbocycles. The van der Waals surface area contributed by atoms with Gasteiger partial charge in [0.2, 0.25) is 5.95 Å². The first-order valence-electron chi connectivity index (χ1n) is 5.43. The first-order valence-corrected chi connectivity index (χ1v) is 5.81. The van der Waals surface area contributed by atoms with Crippen LogP contribution in [0.2, 0.25) is 5.02 Å². The van der Waals surface area contributed by atoms with E-state index in [1.165, 1.54) is 12.1 Å². The van der Waals surface area contributed by atoms with Crippen molar-refractivity contribution in [3.8, 4) is 11.3 Å². The molecule has 0 bridgehead atoms. The Morgan fingerprint density at radius 3 is 2.89 bits per heavy atom. The van der Waals surface area contributed by atoms with Crippen molar-refractivity contribution in [1.29, 1.82) is 0 Å². The zero-order valence-corrected chi connectivity index (χ0v) is 10.3. The highest BCUT2D eigenvalue weighted by molar-refractivity contribution is 6.33. The molecule has 0 atom stereocenters. The maximum absolute atomic E-state index is 13.0. The van der Waals surface area contributed by atoms with Crippen LogP contribution in [0.3, 0.4) is 0 Å². The highest BCUT2D eigenvalue weighted by Gasteiger charge is 2.07. The lowest BCUT2D eigenvalue weighted by atomic mass is 10.1. The molecule has 0 saturated heterocycles. The van der Waals surface area contributed by atoms with Crippen LogP contribution in [0.5, 0.6) is 0 Å². The predicted octanol–water partition coefficient (Wildman–Crippen LogP) is 2.31. The average molecular weight is 267 g/mol. The molecule has 0 spiro atoms. The van der Waals surface area contributed by atoms with E-state index >= 15 is 0 Å². The fourth-order valence-electron chi connectivity index (χ4n) is 1.48. The summed E-state index contributed by atoms with van der Waals surface area (Å²) >= 11 is 5.98. The third-order valence-electron chi connectivity index (χ3n) is 2.29. The van der Waals surface area contributed by atoms with Gasteiger partial charge in [-0.2, -0.15) is 0 Å². The number of nitrogens with one attached hydrogen (secondary N) is 1. The number of halogens is 2. The molecule has 3 N–H and O–H groups in total. The van der Waals surface area contributed by atoms with Crippen LogP contribution in [-0.2, 0) is 0 Å². The summed E-state index contributed by atoms with van der Waals surface area (Å²) in [6.07, 6.45) is 1.61. The number of rotatable bonds is 4. The Morgan fingerprint density at radius 2 is 2.17 bits per heavy atom. The van der Waals surface area contributed by atoms with Crippen molar-refractivity contribution in [1.82, 2.24) is 9.97 Å². The molecule has 18 heavy (non-hydrogen) atoms. The summed E-state index contributed by atoms with van der Waals surface area (Å²) in [5, 5.41) is 3.29. The van der Waals surface area contributed by atoms with Gasteiger partial charge in [-0.05, 0) is 24.3 Å². The van der Waals surface area contributed by atoms with Gasteiger partial charge in [-0.25, -0.2) is 14.4 Å². The molecule has 6 heteroatoms. The van der Waals surface area contributed by atoms with Crippen LogP contribution in [0.25, 0.3) is 11.3 Å². The standard InChI is InChI=1S/C12H12ClFN4/c13-10-7-8(14)1-2-9(10)11-3-5-16-12(18-11)17-6-4-15/h1-3,5,7H,4,6,15H2,(H,16,17,18). The second kappa shape index (κ2) is 5.75. The minimum Gasteiger partial charge on any atom is -0.353 e. The maximum Gasteiger partial charge on any atom is 0.223 e. The molecule has 0 amide bonds. The summed E-state index contributed by atoms with van der Waals surface area (Å²) in [6, 6.07) is 5.90. The summed E-state index contributed by atoms with van der Waals surface area (Å²) in [6.45, 7) is 1.07. The molecule has 0 aliphatic heterocycles. The van der Waals surface area contributed by atoms with Gasteiger partial charge in [0, 0.05) is 24.8 Å². The Balaban J connectivity index is 2.32. The lowest BCUT2D eigenvalue weighted by molar-refractivity contribution is 0.628. The molecule has 0 aliphatic rings. The Bertz CT molecular complexity index is 547. The monoisotopic (exact) mass is 266 g/mol. The number of hydrogen-bond acceptors (Lipinski definition) is 4. The zero-order chi connectivity index (χ0) is 13.0. The summed E-state index contributed by atoms with van der Waals surface area (Å²) in [7, 11) is 0. The smallest absolute Gasteiger partial charge is 0.223 e. The van der Waals surface area contributed by atoms with Gasteiger partial charge < -0.3 is 11.1 Å². The Hall–Kier alpha value is -1.72. The summed E-state index contributed by atoms with van der Waals surface area (Å²) in [5.41, 5.74) is 6.68. The highest BCUT2D eigenvalue weighted by atomic mass is 35.5.